The number of benzene rings is 4. The zero-order valence-corrected chi connectivity index (χ0v) is 52.5. The maximum Gasteiger partial charge on any atom is 0.264 e. The van der Waals surface area contributed by atoms with E-state index in [1.54, 1.807) is 50.2 Å². The molecule has 0 radical (unpaired) electrons. The van der Waals surface area contributed by atoms with Gasteiger partial charge < -0.3 is 19.3 Å². The van der Waals surface area contributed by atoms with Crippen molar-refractivity contribution in [2.24, 2.45) is 47.3 Å². The molecule has 84 heavy (non-hydrogen) atoms. The van der Waals surface area contributed by atoms with Gasteiger partial charge >= 0.3 is 0 Å². The largest absolute Gasteiger partial charge is 0.490 e. The number of rotatable bonds is 0. The standard InChI is InChI=1S/2C33H41ClN2O5S/c2*1-20-13-21(2)22(3)42(39,40)35-32(38)24-7-11-31-29(16-24)36(17-25-6-9-27(25)30(37)14-20)18-33(19-41-31)12-4-5-23-15-26(34)8-10-28(23)33/h2*7-8,10-11,15-16,20-22,25,27H,4-6,9,12-14,17-19H2,1-3H3,(H,35,38)/t20-,21+,22-,25+,27-,33+;20-,21-,22+,25-,27+,33-/m10/s1. The van der Waals surface area contributed by atoms with Crippen LogP contribution >= 0.6 is 23.2 Å². The number of fused-ring (bicyclic) bond motifs is 8. The number of aryl methyl sites for hydroxylation is 2. The van der Waals surface area contributed by atoms with Gasteiger partial charge in [0.1, 0.15) is 23.1 Å². The number of carbonyl (C=O) groups is 4. The first-order valence-corrected chi connectivity index (χ1v) is 34.5. The Kier molecular flexibility index (Phi) is 17.2. The van der Waals surface area contributed by atoms with Crippen LogP contribution in [0, 0.1) is 47.3 Å². The summed E-state index contributed by atoms with van der Waals surface area (Å²) >= 11 is 12.8. The summed E-state index contributed by atoms with van der Waals surface area (Å²) in [6.45, 7) is 14.8. The van der Waals surface area contributed by atoms with E-state index in [1.807, 2.05) is 39.8 Å². The maximum atomic E-state index is 13.5. The highest BCUT2D eigenvalue weighted by Gasteiger charge is 2.47. The van der Waals surface area contributed by atoms with Crippen LogP contribution in [-0.2, 0) is 53.3 Å². The van der Waals surface area contributed by atoms with E-state index in [4.69, 9.17) is 32.7 Å². The first-order chi connectivity index (χ1) is 39.9. The quantitative estimate of drug-likeness (QED) is 0.170. The van der Waals surface area contributed by atoms with Gasteiger partial charge in [-0.25, -0.2) is 26.3 Å². The van der Waals surface area contributed by atoms with Crippen molar-refractivity contribution in [1.82, 2.24) is 9.44 Å². The molecule has 4 bridgehead atoms. The first-order valence-electron chi connectivity index (χ1n) is 30.7. The molecule has 4 aromatic rings. The van der Waals surface area contributed by atoms with Gasteiger partial charge in [-0.15, -0.1) is 0 Å². The minimum atomic E-state index is -3.92. The molecular formula is C66H82Cl2N4O10S2. The van der Waals surface area contributed by atoms with E-state index < -0.39 is 42.4 Å². The third-order valence-corrected chi connectivity index (χ3v) is 25.2. The first kappa shape index (κ1) is 60.5. The molecule has 2 amide bonds. The molecule has 18 heteroatoms. The van der Waals surface area contributed by atoms with Crippen molar-refractivity contribution < 1.29 is 45.5 Å². The Bertz CT molecular complexity index is 3240. The number of ether oxygens (including phenoxy) is 2. The number of anilines is 2. The number of Topliss-reactive ketones (excluding diaryl/α,β-unsaturated/α-hetero) is 2. The smallest absolute Gasteiger partial charge is 0.264 e. The summed E-state index contributed by atoms with van der Waals surface area (Å²) in [5.41, 5.74) is 6.56. The van der Waals surface area contributed by atoms with Gasteiger partial charge in [0.25, 0.3) is 11.8 Å². The van der Waals surface area contributed by atoms with Crippen LogP contribution in [0.5, 0.6) is 11.5 Å². The number of sulfonamides is 2. The van der Waals surface area contributed by atoms with E-state index in [9.17, 15) is 36.0 Å². The van der Waals surface area contributed by atoms with Crippen molar-refractivity contribution in [2.45, 2.75) is 153 Å². The van der Waals surface area contributed by atoms with Crippen molar-refractivity contribution in [1.29, 1.82) is 0 Å². The molecule has 8 aliphatic rings. The third-order valence-electron chi connectivity index (χ3n) is 20.9. The molecule has 0 aromatic heterocycles. The summed E-state index contributed by atoms with van der Waals surface area (Å²) in [7, 11) is -7.84. The summed E-state index contributed by atoms with van der Waals surface area (Å²) in [6, 6.07) is 22.7. The van der Waals surface area contributed by atoms with E-state index in [-0.39, 0.29) is 80.9 Å². The van der Waals surface area contributed by atoms with Gasteiger partial charge in [0, 0.05) is 82.9 Å². The number of nitrogens with zero attached hydrogens (tertiary/aromatic N) is 2. The lowest BCUT2D eigenvalue weighted by molar-refractivity contribution is -0.129. The Morgan fingerprint density at radius 2 is 0.940 bits per heavy atom. The number of halogens is 2. The fraction of sp³-hybridized carbons (Fsp3) is 0.576. The second-order valence-electron chi connectivity index (χ2n) is 26.8. The molecule has 12 rings (SSSR count). The SMILES string of the molecule is C[C@@H]1CC(=O)[C@@H]2CC[C@H]2CN2C[C@@]3(CCCc4cc(Cl)ccc43)COc3ccc(cc32)C(=O)NS(=O)(=O)[C@H](C)[C@@H](C)C1.C[C@H]1CC(=O)[C@@H]2CC[C@H]2CN2C[C@@]3(CCCc4cc(Cl)ccc43)COc3ccc(cc32)C(=O)NS(=O)(=O)[C@H](C)[C@@H](C)C1. The van der Waals surface area contributed by atoms with Gasteiger partial charge in [-0.1, -0.05) is 63.0 Å². The molecule has 2 N–H and O–H groups in total. The molecule has 4 heterocycles. The molecule has 0 saturated heterocycles. The van der Waals surface area contributed by atoms with E-state index >= 15 is 0 Å². The lowest BCUT2D eigenvalue weighted by Gasteiger charge is -2.44. The Morgan fingerprint density at radius 1 is 0.536 bits per heavy atom. The van der Waals surface area contributed by atoms with Crippen LogP contribution in [-0.4, -0.2) is 90.1 Å². The highest BCUT2D eigenvalue weighted by molar-refractivity contribution is 7.91. The van der Waals surface area contributed by atoms with E-state index in [1.165, 1.54) is 22.3 Å². The normalized spacial score (nSPS) is 33.0. The zero-order chi connectivity index (χ0) is 59.6. The molecule has 2 fully saturated rings. The fourth-order valence-corrected chi connectivity index (χ4v) is 18.4. The van der Waals surface area contributed by atoms with Crippen LogP contribution in [0.2, 0.25) is 10.0 Å². The summed E-state index contributed by atoms with van der Waals surface area (Å²) in [5.74, 6) is 0.827. The monoisotopic (exact) mass is 1220 g/mol. The Balaban J connectivity index is 0.000000175. The van der Waals surface area contributed by atoms with Crippen LogP contribution in [0.25, 0.3) is 0 Å². The average molecular weight is 1230 g/mol. The second-order valence-corrected chi connectivity index (χ2v) is 31.8. The summed E-state index contributed by atoms with van der Waals surface area (Å²) in [6.07, 6.45) is 11.8. The predicted molar refractivity (Wildman–Crippen MR) is 330 cm³/mol. The van der Waals surface area contributed by atoms with Gasteiger partial charge in [-0.3, -0.25) is 19.2 Å². The van der Waals surface area contributed by atoms with Crippen molar-refractivity contribution in [3.05, 3.63) is 116 Å². The Morgan fingerprint density at radius 3 is 1.32 bits per heavy atom. The third kappa shape index (κ3) is 12.1. The average Bonchev–Trinajstić information content (AvgIpc) is 1.84. The van der Waals surface area contributed by atoms with Crippen LogP contribution < -0.4 is 28.7 Å². The summed E-state index contributed by atoms with van der Waals surface area (Å²) < 4.78 is 70.7. The van der Waals surface area contributed by atoms with Gasteiger partial charge in [0.2, 0.25) is 20.0 Å². The van der Waals surface area contributed by atoms with Gasteiger partial charge in [0.05, 0.1) is 35.1 Å². The van der Waals surface area contributed by atoms with E-state index in [2.05, 4.69) is 43.5 Å². The molecule has 452 valence electrons. The maximum absolute atomic E-state index is 13.5. The van der Waals surface area contributed by atoms with Crippen LogP contribution in [0.4, 0.5) is 11.4 Å². The number of hydrogen-bond acceptors (Lipinski definition) is 12. The summed E-state index contributed by atoms with van der Waals surface area (Å²) in [5, 5.41) is -0.0893. The topological polar surface area (TPSA) is 186 Å². The van der Waals surface area contributed by atoms with Crippen LogP contribution in [0.3, 0.4) is 0 Å². The number of hydrogen-bond donors (Lipinski definition) is 2. The molecular weight excluding hydrogens is 1140 g/mol. The second kappa shape index (κ2) is 23.8. The van der Waals surface area contributed by atoms with Crippen LogP contribution in [0.1, 0.15) is 162 Å². The number of carbonyl (C=O) groups excluding carboxylic acids is 4. The number of amides is 2. The fourth-order valence-electron chi connectivity index (χ4n) is 15.5. The minimum absolute atomic E-state index is 0.00400. The lowest BCUT2D eigenvalue weighted by Crippen LogP contribution is -2.49. The molecule has 4 aromatic carbocycles. The highest BCUT2D eigenvalue weighted by Crippen LogP contribution is 2.49. The van der Waals surface area contributed by atoms with Crippen LogP contribution in [0.15, 0.2) is 72.8 Å². The Hall–Kier alpha value is -5.16. The zero-order valence-electron chi connectivity index (χ0n) is 49.4. The Labute approximate surface area is 507 Å². The minimum Gasteiger partial charge on any atom is -0.490 e. The van der Waals surface area contributed by atoms with Crippen molar-refractivity contribution in [3.63, 3.8) is 0 Å². The van der Waals surface area contributed by atoms with Crippen molar-refractivity contribution in [2.75, 3.05) is 49.2 Å². The van der Waals surface area contributed by atoms with Gasteiger partial charge in [-0.2, -0.15) is 0 Å². The van der Waals surface area contributed by atoms with Crippen molar-refractivity contribution >= 4 is 78.0 Å². The lowest BCUT2D eigenvalue weighted by atomic mass is 9.68. The number of ketones is 2. The van der Waals surface area contributed by atoms with E-state index in [0.717, 1.165) is 85.6 Å². The van der Waals surface area contributed by atoms with Gasteiger partial charge in [-0.05, 0) is 209 Å². The molecule has 0 unspecified atom stereocenters. The molecule has 14 nitrogen and oxygen atoms in total. The molecule has 2 saturated carbocycles. The van der Waals surface area contributed by atoms with Crippen molar-refractivity contribution in [3.8, 4) is 11.5 Å². The van der Waals surface area contributed by atoms with E-state index in [0.29, 0.717) is 76.6 Å². The van der Waals surface area contributed by atoms with Gasteiger partial charge in [0.15, 0.2) is 0 Å². The molecule has 4 aliphatic heterocycles. The molecule has 2 spiro atoms. The molecule has 4 aliphatic carbocycles. The predicted octanol–water partition coefficient (Wildman–Crippen LogP) is 11.8. The highest BCUT2D eigenvalue weighted by atomic mass is 35.5. The summed E-state index contributed by atoms with van der Waals surface area (Å²) in [4.78, 5) is 58.4. The molecule has 12 atom stereocenters. The number of nitrogens with one attached hydrogen (secondary N) is 2.